The van der Waals surface area contributed by atoms with Gasteiger partial charge in [-0.25, -0.2) is 9.78 Å². The molecule has 1 saturated carbocycles. The average molecular weight is 492 g/mol. The Morgan fingerprint density at radius 2 is 1.93 bits per heavy atom. The maximum absolute atomic E-state index is 12.7. The molecule has 3 aromatic rings. The SMILES string of the molecule is O=C(NC1CCC(O)CC1)N[C@H](Cc1ccc(Br)cc1)c1nc2cc(Cl)ccc2[nH]1. The lowest BCUT2D eigenvalue weighted by atomic mass is 9.93. The maximum atomic E-state index is 12.7. The first-order valence-electron chi connectivity index (χ1n) is 10.1. The zero-order valence-electron chi connectivity index (χ0n) is 16.4. The maximum Gasteiger partial charge on any atom is 0.315 e. The monoisotopic (exact) mass is 490 g/mol. The molecule has 4 N–H and O–H groups in total. The Balaban J connectivity index is 1.52. The molecule has 0 aliphatic heterocycles. The second-order valence-electron chi connectivity index (χ2n) is 7.79. The van der Waals surface area contributed by atoms with Crippen molar-refractivity contribution in [2.75, 3.05) is 0 Å². The van der Waals surface area contributed by atoms with E-state index in [2.05, 4.69) is 36.5 Å². The molecule has 0 bridgehead atoms. The molecule has 2 amide bonds. The topological polar surface area (TPSA) is 90.0 Å². The molecule has 1 aliphatic rings. The first-order valence-corrected chi connectivity index (χ1v) is 11.3. The third-order valence-corrected chi connectivity index (χ3v) is 6.25. The van der Waals surface area contributed by atoms with Gasteiger partial charge in [-0.05, 0) is 68.0 Å². The number of aromatic nitrogens is 2. The van der Waals surface area contributed by atoms with Gasteiger partial charge >= 0.3 is 6.03 Å². The average Bonchev–Trinajstić information content (AvgIpc) is 3.14. The number of nitrogens with one attached hydrogen (secondary N) is 3. The number of rotatable bonds is 5. The highest BCUT2D eigenvalue weighted by Crippen LogP contribution is 2.23. The smallest absolute Gasteiger partial charge is 0.315 e. The number of nitrogens with zero attached hydrogens (tertiary/aromatic N) is 1. The molecule has 1 heterocycles. The van der Waals surface area contributed by atoms with E-state index in [-0.39, 0.29) is 24.2 Å². The Kier molecular flexibility index (Phi) is 6.61. The van der Waals surface area contributed by atoms with Crippen LogP contribution in [0.15, 0.2) is 46.9 Å². The molecule has 1 aromatic heterocycles. The van der Waals surface area contributed by atoms with E-state index in [1.807, 2.05) is 36.4 Å². The second kappa shape index (κ2) is 9.37. The summed E-state index contributed by atoms with van der Waals surface area (Å²) in [6.07, 6.45) is 3.36. The van der Waals surface area contributed by atoms with Crippen LogP contribution in [-0.2, 0) is 6.42 Å². The molecule has 1 atom stereocenters. The first-order chi connectivity index (χ1) is 14.5. The largest absolute Gasteiger partial charge is 0.393 e. The molecular weight excluding hydrogens is 468 g/mol. The van der Waals surface area contributed by atoms with Crippen LogP contribution in [0.25, 0.3) is 11.0 Å². The minimum Gasteiger partial charge on any atom is -0.393 e. The molecule has 6 nitrogen and oxygen atoms in total. The van der Waals surface area contributed by atoms with Crippen molar-refractivity contribution >= 4 is 44.6 Å². The Morgan fingerprint density at radius 3 is 2.67 bits per heavy atom. The van der Waals surface area contributed by atoms with Crippen molar-refractivity contribution in [3.05, 3.63) is 63.3 Å². The standard InChI is InChI=1S/C22H24BrClN4O2/c23-14-3-1-13(2-4-14)11-20(21-26-18-10-5-15(24)12-19(18)27-21)28-22(30)25-16-6-8-17(29)9-7-16/h1-5,10,12,16-17,20,29H,6-9,11H2,(H,26,27)(H2,25,28,30)/t16?,17?,20-/m1/s1. The van der Waals surface area contributed by atoms with Gasteiger partial charge in [0.25, 0.3) is 0 Å². The van der Waals surface area contributed by atoms with E-state index < -0.39 is 0 Å². The fourth-order valence-electron chi connectivity index (χ4n) is 3.84. The van der Waals surface area contributed by atoms with Gasteiger partial charge in [-0.3, -0.25) is 0 Å². The van der Waals surface area contributed by atoms with Gasteiger partial charge in [-0.15, -0.1) is 0 Å². The predicted molar refractivity (Wildman–Crippen MR) is 122 cm³/mol. The molecule has 1 aliphatic carbocycles. The molecule has 0 saturated heterocycles. The molecule has 0 spiro atoms. The molecule has 0 radical (unpaired) electrons. The van der Waals surface area contributed by atoms with Crippen molar-refractivity contribution in [1.29, 1.82) is 0 Å². The summed E-state index contributed by atoms with van der Waals surface area (Å²) < 4.78 is 1.01. The van der Waals surface area contributed by atoms with Crippen LogP contribution in [0.3, 0.4) is 0 Å². The highest BCUT2D eigenvalue weighted by molar-refractivity contribution is 9.10. The summed E-state index contributed by atoms with van der Waals surface area (Å²) in [5, 5.41) is 16.4. The van der Waals surface area contributed by atoms with E-state index in [9.17, 15) is 9.90 Å². The number of H-pyrrole nitrogens is 1. The molecule has 4 rings (SSSR count). The lowest BCUT2D eigenvalue weighted by Gasteiger charge is -2.27. The number of benzene rings is 2. The molecular formula is C22H24BrClN4O2. The third kappa shape index (κ3) is 5.33. The van der Waals surface area contributed by atoms with Crippen LogP contribution in [0.1, 0.15) is 43.1 Å². The van der Waals surface area contributed by atoms with Crippen molar-refractivity contribution in [3.63, 3.8) is 0 Å². The van der Waals surface area contributed by atoms with E-state index in [0.29, 0.717) is 17.3 Å². The molecule has 2 aromatic carbocycles. The Labute approximate surface area is 188 Å². The molecule has 8 heteroatoms. The number of aliphatic hydroxyl groups excluding tert-OH is 1. The number of fused-ring (bicyclic) bond motifs is 1. The van der Waals surface area contributed by atoms with Crippen LogP contribution in [0, 0.1) is 0 Å². The van der Waals surface area contributed by atoms with E-state index in [1.165, 1.54) is 0 Å². The highest BCUT2D eigenvalue weighted by Gasteiger charge is 2.24. The van der Waals surface area contributed by atoms with Crippen LogP contribution >= 0.6 is 27.5 Å². The van der Waals surface area contributed by atoms with Crippen LogP contribution in [0.5, 0.6) is 0 Å². The molecule has 158 valence electrons. The first kappa shape index (κ1) is 21.2. The fourth-order valence-corrected chi connectivity index (χ4v) is 4.27. The normalized spacial score (nSPS) is 20.1. The second-order valence-corrected chi connectivity index (χ2v) is 9.14. The summed E-state index contributed by atoms with van der Waals surface area (Å²) in [5.41, 5.74) is 2.73. The number of carbonyl (C=O) groups excluding carboxylic acids is 1. The van der Waals surface area contributed by atoms with Gasteiger partial charge in [-0.1, -0.05) is 39.7 Å². The Hall–Kier alpha value is -2.09. The number of halogens is 2. The van der Waals surface area contributed by atoms with Crippen molar-refractivity contribution in [3.8, 4) is 0 Å². The number of aromatic amines is 1. The minimum absolute atomic E-state index is 0.0798. The zero-order chi connectivity index (χ0) is 21.1. The summed E-state index contributed by atoms with van der Waals surface area (Å²) in [5.74, 6) is 0.685. The van der Waals surface area contributed by atoms with Crippen molar-refractivity contribution in [1.82, 2.24) is 20.6 Å². The zero-order valence-corrected chi connectivity index (χ0v) is 18.7. The van der Waals surface area contributed by atoms with Gasteiger partial charge in [0.2, 0.25) is 0 Å². The van der Waals surface area contributed by atoms with Gasteiger partial charge in [0.15, 0.2) is 0 Å². The third-order valence-electron chi connectivity index (χ3n) is 5.48. The Bertz CT molecular complexity index is 1020. The number of hydrogen-bond donors (Lipinski definition) is 4. The van der Waals surface area contributed by atoms with Crippen molar-refractivity contribution < 1.29 is 9.90 Å². The van der Waals surface area contributed by atoms with Crippen LogP contribution in [0.4, 0.5) is 4.79 Å². The number of amides is 2. The molecule has 30 heavy (non-hydrogen) atoms. The highest BCUT2D eigenvalue weighted by atomic mass is 79.9. The summed E-state index contributed by atoms with van der Waals surface area (Å²) in [6.45, 7) is 0. The van der Waals surface area contributed by atoms with Crippen LogP contribution in [-0.4, -0.2) is 33.3 Å². The van der Waals surface area contributed by atoms with Gasteiger partial charge in [0.1, 0.15) is 5.82 Å². The van der Waals surface area contributed by atoms with E-state index in [0.717, 1.165) is 46.8 Å². The van der Waals surface area contributed by atoms with E-state index >= 15 is 0 Å². The Morgan fingerprint density at radius 1 is 1.20 bits per heavy atom. The van der Waals surface area contributed by atoms with Gasteiger partial charge in [0.05, 0.1) is 23.2 Å². The number of imidazole rings is 1. The number of hydrogen-bond acceptors (Lipinski definition) is 3. The summed E-state index contributed by atoms with van der Waals surface area (Å²) in [7, 11) is 0. The van der Waals surface area contributed by atoms with E-state index in [1.54, 1.807) is 6.07 Å². The summed E-state index contributed by atoms with van der Waals surface area (Å²) >= 11 is 9.56. The lowest BCUT2D eigenvalue weighted by Crippen LogP contribution is -2.45. The van der Waals surface area contributed by atoms with Gasteiger partial charge in [-0.2, -0.15) is 0 Å². The van der Waals surface area contributed by atoms with Crippen molar-refractivity contribution in [2.24, 2.45) is 0 Å². The van der Waals surface area contributed by atoms with E-state index in [4.69, 9.17) is 11.6 Å². The fraction of sp³-hybridized carbons (Fsp3) is 0.364. The summed E-state index contributed by atoms with van der Waals surface area (Å²) in [6, 6.07) is 13.1. The quantitative estimate of drug-likeness (QED) is 0.411. The molecule has 1 fully saturated rings. The van der Waals surface area contributed by atoms with Crippen LogP contribution < -0.4 is 10.6 Å². The van der Waals surface area contributed by atoms with Gasteiger partial charge < -0.3 is 20.7 Å². The number of carbonyl (C=O) groups is 1. The minimum atomic E-state index is -0.327. The van der Waals surface area contributed by atoms with Crippen molar-refractivity contribution in [2.45, 2.75) is 50.3 Å². The summed E-state index contributed by atoms with van der Waals surface area (Å²) in [4.78, 5) is 20.7. The van der Waals surface area contributed by atoms with Gasteiger partial charge in [0, 0.05) is 15.5 Å². The number of urea groups is 1. The predicted octanol–water partition coefficient (Wildman–Crippen LogP) is 4.87. The number of aliphatic hydroxyl groups is 1. The molecule has 0 unspecified atom stereocenters. The lowest BCUT2D eigenvalue weighted by molar-refractivity contribution is 0.117. The van der Waals surface area contributed by atoms with Crippen LogP contribution in [0.2, 0.25) is 5.02 Å².